The van der Waals surface area contributed by atoms with Gasteiger partial charge in [0.05, 0.1) is 0 Å². The summed E-state index contributed by atoms with van der Waals surface area (Å²) in [6.07, 6.45) is 9.83. The van der Waals surface area contributed by atoms with E-state index in [1.54, 1.807) is 0 Å². The second-order valence-electron chi connectivity index (χ2n) is 4.61. The first-order valence-electron chi connectivity index (χ1n) is 6.47. The smallest absolute Gasteiger partial charge is 0.309 e. The molecule has 4 heteroatoms. The molecule has 0 bridgehead atoms. The van der Waals surface area contributed by atoms with Gasteiger partial charge in [-0.3, -0.25) is 4.79 Å². The van der Waals surface area contributed by atoms with E-state index in [4.69, 9.17) is 4.74 Å². The lowest BCUT2D eigenvalue weighted by molar-refractivity contribution is -0.165. The molecule has 17 heavy (non-hydrogen) atoms. The average molecular weight is 240 g/mol. The molecule has 0 unspecified atom stereocenters. The molecule has 0 aromatic carbocycles. The maximum absolute atomic E-state index is 11.6. The standard InChI is InChI=1S/C13H24N2O2/c1-4-5-6-7-8-9-12(16)17-13-14(2)10-11-15(13)3/h10-11,13H,4-9H2,1-3H3. The normalized spacial score (nSPS) is 15.7. The number of carbonyl (C=O) groups excluding carboxylic acids is 1. The molecule has 1 heterocycles. The molecule has 0 fully saturated rings. The van der Waals surface area contributed by atoms with Gasteiger partial charge in [-0.15, -0.1) is 0 Å². The molecule has 0 saturated carbocycles. The summed E-state index contributed by atoms with van der Waals surface area (Å²) in [5.41, 5.74) is 0. The van der Waals surface area contributed by atoms with Crippen LogP contribution in [0, 0.1) is 0 Å². The summed E-state index contributed by atoms with van der Waals surface area (Å²) in [5, 5.41) is 0. The Kier molecular flexibility index (Phi) is 5.87. The van der Waals surface area contributed by atoms with Crippen molar-refractivity contribution in [3.8, 4) is 0 Å². The monoisotopic (exact) mass is 240 g/mol. The van der Waals surface area contributed by atoms with Crippen molar-refractivity contribution in [2.75, 3.05) is 14.1 Å². The Bertz CT molecular complexity index is 254. The van der Waals surface area contributed by atoms with E-state index in [1.807, 2.05) is 36.3 Å². The minimum atomic E-state index is -0.266. The number of ether oxygens (including phenoxy) is 1. The van der Waals surface area contributed by atoms with Crippen molar-refractivity contribution in [2.24, 2.45) is 0 Å². The van der Waals surface area contributed by atoms with Gasteiger partial charge in [0.2, 0.25) is 0 Å². The van der Waals surface area contributed by atoms with Gasteiger partial charge in [-0.25, -0.2) is 0 Å². The van der Waals surface area contributed by atoms with Gasteiger partial charge in [0.25, 0.3) is 6.35 Å². The molecule has 4 nitrogen and oxygen atoms in total. The highest BCUT2D eigenvalue weighted by Gasteiger charge is 2.23. The van der Waals surface area contributed by atoms with E-state index in [1.165, 1.54) is 19.3 Å². The van der Waals surface area contributed by atoms with Gasteiger partial charge in [-0.05, 0) is 6.42 Å². The van der Waals surface area contributed by atoms with Crippen LogP contribution in [-0.4, -0.2) is 36.2 Å². The van der Waals surface area contributed by atoms with E-state index < -0.39 is 0 Å². The third kappa shape index (κ3) is 4.67. The van der Waals surface area contributed by atoms with Crippen LogP contribution in [0.25, 0.3) is 0 Å². The van der Waals surface area contributed by atoms with Crippen LogP contribution in [0.5, 0.6) is 0 Å². The van der Waals surface area contributed by atoms with Crippen molar-refractivity contribution in [1.82, 2.24) is 9.80 Å². The largest absolute Gasteiger partial charge is 0.422 e. The Labute approximate surface area is 104 Å². The van der Waals surface area contributed by atoms with Crippen molar-refractivity contribution < 1.29 is 9.53 Å². The van der Waals surface area contributed by atoms with Crippen molar-refractivity contribution in [1.29, 1.82) is 0 Å². The number of carbonyl (C=O) groups is 1. The zero-order chi connectivity index (χ0) is 12.7. The van der Waals surface area contributed by atoms with Gasteiger partial charge < -0.3 is 14.5 Å². The third-order valence-corrected chi connectivity index (χ3v) is 2.96. The molecule has 0 amide bonds. The molecular formula is C13H24N2O2. The summed E-state index contributed by atoms with van der Waals surface area (Å²) in [5.74, 6) is -0.103. The van der Waals surface area contributed by atoms with E-state index in [-0.39, 0.29) is 12.3 Å². The summed E-state index contributed by atoms with van der Waals surface area (Å²) >= 11 is 0. The molecule has 0 aliphatic carbocycles. The lowest BCUT2D eigenvalue weighted by atomic mass is 10.1. The molecule has 0 N–H and O–H groups in total. The zero-order valence-electron chi connectivity index (χ0n) is 11.2. The predicted molar refractivity (Wildman–Crippen MR) is 67.9 cm³/mol. The lowest BCUT2D eigenvalue weighted by Gasteiger charge is -2.26. The van der Waals surface area contributed by atoms with Crippen LogP contribution in [0.1, 0.15) is 45.4 Å². The van der Waals surface area contributed by atoms with Gasteiger partial charge in [-0.1, -0.05) is 32.6 Å². The van der Waals surface area contributed by atoms with Crippen LogP contribution in [0.15, 0.2) is 12.4 Å². The Morgan fingerprint density at radius 2 is 1.71 bits per heavy atom. The fourth-order valence-corrected chi connectivity index (χ4v) is 1.86. The Morgan fingerprint density at radius 1 is 1.12 bits per heavy atom. The van der Waals surface area contributed by atoms with Crippen LogP contribution in [0.4, 0.5) is 0 Å². The molecule has 0 aromatic rings. The summed E-state index contributed by atoms with van der Waals surface area (Å²) in [7, 11) is 3.80. The molecule has 0 atom stereocenters. The SMILES string of the molecule is CCCCCCCC(=O)OC1N(C)C=CN1C. The summed E-state index contributed by atoms with van der Waals surface area (Å²) in [4.78, 5) is 15.4. The first kappa shape index (κ1) is 13.9. The van der Waals surface area contributed by atoms with Gasteiger partial charge in [0.1, 0.15) is 0 Å². The van der Waals surface area contributed by atoms with Gasteiger partial charge in [-0.2, -0.15) is 0 Å². The molecule has 1 aliphatic heterocycles. The first-order chi connectivity index (χ1) is 8.15. The lowest BCUT2D eigenvalue weighted by Crippen LogP contribution is -2.38. The summed E-state index contributed by atoms with van der Waals surface area (Å²) < 4.78 is 5.39. The number of hydrogen-bond donors (Lipinski definition) is 0. The second kappa shape index (κ2) is 7.20. The van der Waals surface area contributed by atoms with E-state index in [9.17, 15) is 4.79 Å². The van der Waals surface area contributed by atoms with Crippen LogP contribution < -0.4 is 0 Å². The molecule has 0 saturated heterocycles. The van der Waals surface area contributed by atoms with E-state index in [0.717, 1.165) is 12.8 Å². The predicted octanol–water partition coefficient (Wildman–Crippen LogP) is 2.52. The molecule has 0 aromatic heterocycles. The minimum absolute atomic E-state index is 0.103. The number of unbranched alkanes of at least 4 members (excludes halogenated alkanes) is 4. The number of nitrogens with zero attached hydrogens (tertiary/aromatic N) is 2. The van der Waals surface area contributed by atoms with E-state index in [2.05, 4.69) is 6.92 Å². The Morgan fingerprint density at radius 3 is 2.29 bits per heavy atom. The molecule has 98 valence electrons. The van der Waals surface area contributed by atoms with Crippen LogP contribution in [0.3, 0.4) is 0 Å². The average Bonchev–Trinajstić information content (AvgIpc) is 2.60. The highest BCUT2D eigenvalue weighted by atomic mass is 16.6. The van der Waals surface area contributed by atoms with E-state index in [0.29, 0.717) is 6.42 Å². The molecule has 0 radical (unpaired) electrons. The van der Waals surface area contributed by atoms with Crippen molar-refractivity contribution in [2.45, 2.75) is 51.8 Å². The molecule has 1 aliphatic rings. The van der Waals surface area contributed by atoms with Crippen molar-refractivity contribution >= 4 is 5.97 Å². The summed E-state index contributed by atoms with van der Waals surface area (Å²) in [6.45, 7) is 2.19. The highest BCUT2D eigenvalue weighted by Crippen LogP contribution is 2.14. The second-order valence-corrected chi connectivity index (χ2v) is 4.61. The van der Waals surface area contributed by atoms with Gasteiger partial charge in [0, 0.05) is 32.9 Å². The third-order valence-electron chi connectivity index (χ3n) is 2.96. The fraction of sp³-hybridized carbons (Fsp3) is 0.769. The van der Waals surface area contributed by atoms with Crippen LogP contribution in [0.2, 0.25) is 0 Å². The van der Waals surface area contributed by atoms with Gasteiger partial charge in [0.15, 0.2) is 0 Å². The first-order valence-corrected chi connectivity index (χ1v) is 6.47. The zero-order valence-corrected chi connectivity index (χ0v) is 11.2. The number of rotatable bonds is 7. The minimum Gasteiger partial charge on any atom is -0.422 e. The van der Waals surface area contributed by atoms with Crippen molar-refractivity contribution in [3.63, 3.8) is 0 Å². The highest BCUT2D eigenvalue weighted by molar-refractivity contribution is 5.69. The van der Waals surface area contributed by atoms with Crippen molar-refractivity contribution in [3.05, 3.63) is 12.4 Å². The quantitative estimate of drug-likeness (QED) is 0.505. The maximum Gasteiger partial charge on any atom is 0.309 e. The Balaban J connectivity index is 2.13. The van der Waals surface area contributed by atoms with Crippen LogP contribution in [-0.2, 0) is 9.53 Å². The van der Waals surface area contributed by atoms with Crippen LogP contribution >= 0.6 is 0 Å². The number of esters is 1. The number of hydrogen-bond acceptors (Lipinski definition) is 4. The topological polar surface area (TPSA) is 32.8 Å². The molecule has 0 spiro atoms. The fourth-order valence-electron chi connectivity index (χ4n) is 1.86. The summed E-state index contributed by atoms with van der Waals surface area (Å²) in [6, 6.07) is 0. The van der Waals surface area contributed by atoms with E-state index >= 15 is 0 Å². The Hall–Kier alpha value is -1.19. The molecule has 1 rings (SSSR count). The molecular weight excluding hydrogens is 216 g/mol. The van der Waals surface area contributed by atoms with Gasteiger partial charge >= 0.3 is 5.97 Å². The maximum atomic E-state index is 11.6.